The van der Waals surface area contributed by atoms with Crippen molar-refractivity contribution in [2.45, 2.75) is 6.42 Å². The minimum atomic E-state index is -0.716. The molecule has 12 heavy (non-hydrogen) atoms. The van der Waals surface area contributed by atoms with Crippen LogP contribution in [-0.2, 0) is 4.79 Å². The van der Waals surface area contributed by atoms with Crippen LogP contribution in [0.25, 0.3) is 0 Å². The molecule has 1 fully saturated rings. The van der Waals surface area contributed by atoms with Crippen LogP contribution in [0.3, 0.4) is 0 Å². The van der Waals surface area contributed by atoms with Crippen LogP contribution in [0.15, 0.2) is 0 Å². The van der Waals surface area contributed by atoms with Gasteiger partial charge in [-0.1, -0.05) is 0 Å². The van der Waals surface area contributed by atoms with Crippen molar-refractivity contribution in [3.05, 3.63) is 0 Å². The maximum Gasteiger partial charge on any atom is 0.304 e. The topological polar surface area (TPSA) is 76.4 Å². The van der Waals surface area contributed by atoms with Gasteiger partial charge < -0.3 is 15.8 Å². The average Bonchev–Trinajstić information content (AvgIpc) is 2.56. The molecule has 0 aromatic heterocycles. The Kier molecular flexibility index (Phi) is 6.22. The summed E-state index contributed by atoms with van der Waals surface area (Å²) >= 11 is 0. The van der Waals surface area contributed by atoms with Crippen molar-refractivity contribution >= 4 is 12.7 Å². The van der Waals surface area contributed by atoms with Gasteiger partial charge in [0.1, 0.15) is 0 Å². The van der Waals surface area contributed by atoms with Gasteiger partial charge in [0.2, 0.25) is 0 Å². The minimum Gasteiger partial charge on any atom is -0.481 e. The van der Waals surface area contributed by atoms with Gasteiger partial charge in [-0.3, -0.25) is 9.69 Å². The third-order valence-electron chi connectivity index (χ3n) is 1.58. The second-order valence-corrected chi connectivity index (χ2v) is 2.42. The number of carboxylic acid groups (broad SMARTS) is 1. The van der Waals surface area contributed by atoms with Gasteiger partial charge in [0.15, 0.2) is 0 Å². The number of carboxylic acids is 1. The van der Waals surface area contributed by atoms with Gasteiger partial charge in [-0.15, -0.1) is 0 Å². The zero-order chi connectivity index (χ0) is 9.40. The summed E-state index contributed by atoms with van der Waals surface area (Å²) in [5.74, 6) is -0.716. The summed E-state index contributed by atoms with van der Waals surface area (Å²) in [5, 5.41) is 17.0. The number of rotatable bonds is 3. The molecule has 1 aliphatic heterocycles. The fourth-order valence-electron chi connectivity index (χ4n) is 0.998. The lowest BCUT2D eigenvalue weighted by atomic mass is 10.4. The Morgan fingerprint density at radius 3 is 2.75 bits per heavy atom. The fourth-order valence-corrected chi connectivity index (χ4v) is 0.998. The van der Waals surface area contributed by atoms with E-state index in [4.69, 9.17) is 10.5 Å². The van der Waals surface area contributed by atoms with Crippen molar-refractivity contribution in [1.29, 1.82) is 5.41 Å². The molecule has 0 aromatic rings. The first kappa shape index (κ1) is 11.1. The number of nitrogens with one attached hydrogen (secondary N) is 2. The number of aliphatic carboxylic acids is 1. The van der Waals surface area contributed by atoms with E-state index >= 15 is 0 Å². The Bertz CT molecular complexity index is 135. The van der Waals surface area contributed by atoms with E-state index in [2.05, 4.69) is 16.9 Å². The lowest BCUT2D eigenvalue weighted by Gasteiger charge is -2.10. The molecule has 0 atom stereocenters. The highest BCUT2D eigenvalue weighted by Gasteiger charge is 2.10. The van der Waals surface area contributed by atoms with E-state index in [-0.39, 0.29) is 6.42 Å². The van der Waals surface area contributed by atoms with E-state index in [1.54, 1.807) is 0 Å². The van der Waals surface area contributed by atoms with Crippen LogP contribution in [0.1, 0.15) is 6.42 Å². The molecular formula is C7H15N3O2. The van der Waals surface area contributed by atoms with E-state index in [0.29, 0.717) is 6.54 Å². The van der Waals surface area contributed by atoms with Gasteiger partial charge in [0.25, 0.3) is 0 Å². The van der Waals surface area contributed by atoms with Gasteiger partial charge in [-0.2, -0.15) is 0 Å². The van der Waals surface area contributed by atoms with Crippen molar-refractivity contribution in [2.24, 2.45) is 0 Å². The molecule has 0 aliphatic carbocycles. The summed E-state index contributed by atoms with van der Waals surface area (Å²) in [6, 6.07) is 0. The molecule has 1 rings (SSSR count). The SMILES string of the molecule is C=N.O=C(O)CCN1CCNC1. The summed E-state index contributed by atoms with van der Waals surface area (Å²) < 4.78 is 0. The zero-order valence-electron chi connectivity index (χ0n) is 7.05. The summed E-state index contributed by atoms with van der Waals surface area (Å²) in [6.45, 7) is 5.97. The van der Waals surface area contributed by atoms with E-state index in [1.807, 2.05) is 0 Å². The van der Waals surface area contributed by atoms with Crippen LogP contribution in [0.5, 0.6) is 0 Å². The predicted molar refractivity (Wildman–Crippen MR) is 46.5 cm³/mol. The van der Waals surface area contributed by atoms with Gasteiger partial charge in [-0.05, 0) is 6.72 Å². The summed E-state index contributed by atoms with van der Waals surface area (Å²) in [5.41, 5.74) is 0. The third-order valence-corrected chi connectivity index (χ3v) is 1.58. The Balaban J connectivity index is 0.000000561. The normalized spacial score (nSPS) is 16.7. The molecule has 70 valence electrons. The third kappa shape index (κ3) is 4.81. The Morgan fingerprint density at radius 2 is 2.33 bits per heavy atom. The second-order valence-electron chi connectivity index (χ2n) is 2.42. The highest BCUT2D eigenvalue weighted by Crippen LogP contribution is 1.93. The van der Waals surface area contributed by atoms with Crippen LogP contribution in [0.4, 0.5) is 0 Å². The highest BCUT2D eigenvalue weighted by atomic mass is 16.4. The van der Waals surface area contributed by atoms with Crippen LogP contribution in [-0.4, -0.2) is 49.0 Å². The van der Waals surface area contributed by atoms with Crippen LogP contribution >= 0.6 is 0 Å². The maximum absolute atomic E-state index is 10.1. The summed E-state index contributed by atoms with van der Waals surface area (Å²) in [7, 11) is 0. The Morgan fingerprint density at radius 1 is 1.67 bits per heavy atom. The maximum atomic E-state index is 10.1. The number of carbonyl (C=O) groups is 1. The Labute approximate surface area is 71.9 Å². The van der Waals surface area contributed by atoms with Gasteiger partial charge in [0.05, 0.1) is 6.42 Å². The van der Waals surface area contributed by atoms with E-state index in [0.717, 1.165) is 19.8 Å². The lowest BCUT2D eigenvalue weighted by Crippen LogP contribution is -2.24. The highest BCUT2D eigenvalue weighted by molar-refractivity contribution is 5.66. The zero-order valence-corrected chi connectivity index (χ0v) is 7.05. The molecule has 0 radical (unpaired) electrons. The minimum absolute atomic E-state index is 0.252. The van der Waals surface area contributed by atoms with Crippen molar-refractivity contribution in [2.75, 3.05) is 26.3 Å². The average molecular weight is 173 g/mol. The van der Waals surface area contributed by atoms with Crippen LogP contribution in [0.2, 0.25) is 0 Å². The smallest absolute Gasteiger partial charge is 0.304 e. The molecular weight excluding hydrogens is 158 g/mol. The standard InChI is InChI=1S/C6H12N2O2.CH3N/c9-6(10)1-3-8-4-2-7-5-8;1-2/h7H,1-5H2,(H,9,10);2H,1H2. The first-order valence-electron chi connectivity index (χ1n) is 3.79. The number of nitrogens with zero attached hydrogens (tertiary/aromatic N) is 1. The van der Waals surface area contributed by atoms with Crippen molar-refractivity contribution in [1.82, 2.24) is 10.2 Å². The molecule has 1 aliphatic rings. The molecule has 5 nitrogen and oxygen atoms in total. The molecule has 0 amide bonds. The van der Waals surface area contributed by atoms with E-state index in [9.17, 15) is 4.79 Å². The van der Waals surface area contributed by atoms with Gasteiger partial charge in [-0.25, -0.2) is 0 Å². The van der Waals surface area contributed by atoms with Crippen molar-refractivity contribution in [3.8, 4) is 0 Å². The largest absolute Gasteiger partial charge is 0.481 e. The number of hydrogen-bond acceptors (Lipinski definition) is 4. The molecule has 1 heterocycles. The predicted octanol–water partition coefficient (Wildman–Crippen LogP) is -0.410. The first-order chi connectivity index (χ1) is 5.79. The monoisotopic (exact) mass is 173 g/mol. The van der Waals surface area contributed by atoms with Crippen LogP contribution < -0.4 is 5.32 Å². The number of hydrogen-bond donors (Lipinski definition) is 3. The van der Waals surface area contributed by atoms with Crippen molar-refractivity contribution in [3.63, 3.8) is 0 Å². The molecule has 0 saturated carbocycles. The molecule has 0 aromatic carbocycles. The van der Waals surface area contributed by atoms with Gasteiger partial charge in [0, 0.05) is 26.3 Å². The second kappa shape index (κ2) is 6.75. The summed E-state index contributed by atoms with van der Waals surface area (Å²) in [4.78, 5) is 12.2. The van der Waals surface area contributed by atoms with E-state index in [1.165, 1.54) is 0 Å². The summed E-state index contributed by atoms with van der Waals surface area (Å²) in [6.07, 6.45) is 0.252. The lowest BCUT2D eigenvalue weighted by molar-refractivity contribution is -0.137. The molecule has 0 bridgehead atoms. The molecule has 3 N–H and O–H groups in total. The molecule has 5 heteroatoms. The van der Waals surface area contributed by atoms with E-state index < -0.39 is 5.97 Å². The quantitative estimate of drug-likeness (QED) is 0.507. The van der Waals surface area contributed by atoms with Gasteiger partial charge >= 0.3 is 5.97 Å². The Hall–Kier alpha value is -0.940. The fraction of sp³-hybridized carbons (Fsp3) is 0.714. The molecule has 0 spiro atoms. The van der Waals surface area contributed by atoms with Crippen LogP contribution in [0, 0.1) is 5.41 Å². The molecule has 0 unspecified atom stereocenters. The molecule has 1 saturated heterocycles. The first-order valence-corrected chi connectivity index (χ1v) is 3.79. The van der Waals surface area contributed by atoms with Crippen molar-refractivity contribution < 1.29 is 9.90 Å².